The van der Waals surface area contributed by atoms with Crippen LogP contribution in [0.15, 0.2) is 21.9 Å². The van der Waals surface area contributed by atoms with Crippen molar-refractivity contribution < 1.29 is 19.4 Å². The van der Waals surface area contributed by atoms with Gasteiger partial charge in [0.05, 0.1) is 6.10 Å². The molecule has 2 saturated heterocycles. The zero-order valence-corrected chi connectivity index (χ0v) is 20.5. The Hall–Kier alpha value is -1.23. The van der Waals surface area contributed by atoms with Crippen LogP contribution in [0.4, 0.5) is 0 Å². The third-order valence-corrected chi connectivity index (χ3v) is 7.67. The summed E-state index contributed by atoms with van der Waals surface area (Å²) >= 11 is 0. The van der Waals surface area contributed by atoms with Gasteiger partial charge in [0.25, 0.3) is 5.56 Å². The van der Waals surface area contributed by atoms with E-state index in [-0.39, 0.29) is 19.0 Å². The summed E-state index contributed by atoms with van der Waals surface area (Å²) in [5.74, 6) is 0.914. The van der Waals surface area contributed by atoms with Crippen molar-refractivity contribution in [2.24, 2.45) is 0 Å². The molecule has 1 aromatic rings. The Morgan fingerprint density at radius 2 is 2.03 bits per heavy atom. The second-order valence-electron chi connectivity index (χ2n) is 6.71. The van der Waals surface area contributed by atoms with Crippen LogP contribution in [0.25, 0.3) is 0 Å². The van der Waals surface area contributed by atoms with Gasteiger partial charge < -0.3 is 14.6 Å². The first kappa shape index (κ1) is 27.8. The number of esters is 1. The predicted octanol–water partition coefficient (Wildman–Crippen LogP) is 3.49. The van der Waals surface area contributed by atoms with E-state index in [0.717, 1.165) is 19.3 Å². The number of nitrogens with zero attached hydrogens (tertiary/aromatic N) is 1. The van der Waals surface area contributed by atoms with Crippen molar-refractivity contribution in [3.63, 3.8) is 0 Å². The lowest BCUT2D eigenvalue weighted by atomic mass is 10.1. The van der Waals surface area contributed by atoms with Crippen LogP contribution in [0.3, 0.4) is 0 Å². The summed E-state index contributed by atoms with van der Waals surface area (Å²) in [6, 6.07) is 1.22. The van der Waals surface area contributed by atoms with Gasteiger partial charge in [0.15, 0.2) is 0 Å². The molecule has 4 atom stereocenters. The minimum atomic E-state index is -0.849. The fourth-order valence-corrected chi connectivity index (χ4v) is 6.17. The largest absolute Gasteiger partial charge is 0.463 e. The predicted molar refractivity (Wildman–Crippen MR) is 126 cm³/mol. The van der Waals surface area contributed by atoms with Crippen LogP contribution in [0.1, 0.15) is 72.4 Å². The van der Waals surface area contributed by atoms with E-state index in [2.05, 4.69) is 4.98 Å². The van der Waals surface area contributed by atoms with Crippen LogP contribution in [0.2, 0.25) is 0 Å². The molecule has 2 aliphatic heterocycles. The first-order valence-corrected chi connectivity index (χ1v) is 13.5. The van der Waals surface area contributed by atoms with Crippen molar-refractivity contribution >= 4 is 27.6 Å². The SMILES string of the molecule is CC.CC.O=C(CCCCC1CCSS1)OCC1OC(n2ccc(=O)[nH]c2=O)C[C@@H]1O. The minimum Gasteiger partial charge on any atom is -0.463 e. The molecule has 2 fully saturated rings. The van der Waals surface area contributed by atoms with Gasteiger partial charge in [-0.05, 0) is 19.3 Å². The number of aromatic nitrogens is 2. The highest BCUT2D eigenvalue weighted by Crippen LogP contribution is 2.39. The van der Waals surface area contributed by atoms with Gasteiger partial charge >= 0.3 is 11.7 Å². The summed E-state index contributed by atoms with van der Waals surface area (Å²) in [4.78, 5) is 37.0. The number of unbranched alkanes of at least 4 members (excludes halogenated alkanes) is 1. The summed E-state index contributed by atoms with van der Waals surface area (Å²) in [5, 5.41) is 10.8. The number of nitrogens with one attached hydrogen (secondary N) is 1. The first-order valence-electron chi connectivity index (χ1n) is 11.1. The number of carbonyl (C=O) groups excluding carboxylic acids is 1. The number of rotatable bonds is 8. The zero-order valence-electron chi connectivity index (χ0n) is 18.9. The topological polar surface area (TPSA) is 111 Å². The molecule has 178 valence electrons. The Labute approximate surface area is 191 Å². The lowest BCUT2D eigenvalue weighted by Gasteiger charge is -2.16. The summed E-state index contributed by atoms with van der Waals surface area (Å²) in [5.41, 5.74) is -1.10. The number of hydrogen-bond acceptors (Lipinski definition) is 8. The molecule has 0 saturated carbocycles. The van der Waals surface area contributed by atoms with Gasteiger partial charge in [-0.25, -0.2) is 4.79 Å². The average molecular weight is 477 g/mol. The molecule has 1 aromatic heterocycles. The van der Waals surface area contributed by atoms with Gasteiger partial charge in [0.1, 0.15) is 18.9 Å². The Kier molecular flexibility index (Phi) is 13.9. The summed E-state index contributed by atoms with van der Waals surface area (Å²) in [7, 11) is 3.86. The van der Waals surface area contributed by atoms with Crippen molar-refractivity contribution in [3.05, 3.63) is 33.1 Å². The van der Waals surface area contributed by atoms with Gasteiger partial charge in [-0.1, -0.05) is 55.7 Å². The van der Waals surface area contributed by atoms with Gasteiger partial charge in [-0.15, -0.1) is 0 Å². The number of carbonyl (C=O) groups is 1. The monoisotopic (exact) mass is 476 g/mol. The van der Waals surface area contributed by atoms with Crippen LogP contribution in [0, 0.1) is 0 Å². The molecular formula is C21H36N2O6S2. The fourth-order valence-electron chi connectivity index (χ4n) is 3.14. The molecular weight excluding hydrogens is 440 g/mol. The number of aromatic amines is 1. The highest BCUT2D eigenvalue weighted by atomic mass is 33.1. The highest BCUT2D eigenvalue weighted by Gasteiger charge is 2.36. The fraction of sp³-hybridized carbons (Fsp3) is 0.762. The average Bonchev–Trinajstić information content (AvgIpc) is 3.42. The molecule has 10 heteroatoms. The van der Waals surface area contributed by atoms with Crippen LogP contribution in [-0.4, -0.2) is 50.4 Å². The molecule has 0 bridgehead atoms. The van der Waals surface area contributed by atoms with E-state index in [0.29, 0.717) is 11.7 Å². The van der Waals surface area contributed by atoms with E-state index in [9.17, 15) is 19.5 Å². The van der Waals surface area contributed by atoms with Crippen LogP contribution in [-0.2, 0) is 14.3 Å². The first-order chi connectivity index (χ1) is 15.0. The number of H-pyrrole nitrogens is 1. The molecule has 0 aliphatic carbocycles. The third-order valence-electron chi connectivity index (χ3n) is 4.66. The van der Waals surface area contributed by atoms with Gasteiger partial charge in [-0.2, -0.15) is 0 Å². The Morgan fingerprint density at radius 3 is 2.68 bits per heavy atom. The Morgan fingerprint density at radius 1 is 1.29 bits per heavy atom. The van der Waals surface area contributed by atoms with Crippen molar-refractivity contribution in [2.75, 3.05) is 12.4 Å². The van der Waals surface area contributed by atoms with Gasteiger partial charge in [0, 0.05) is 36.1 Å². The zero-order chi connectivity index (χ0) is 23.2. The molecule has 3 unspecified atom stereocenters. The number of ether oxygens (including phenoxy) is 2. The summed E-state index contributed by atoms with van der Waals surface area (Å²) in [6.45, 7) is 7.95. The maximum atomic E-state index is 11.9. The quantitative estimate of drug-likeness (QED) is 0.333. The molecule has 8 nitrogen and oxygen atoms in total. The smallest absolute Gasteiger partial charge is 0.330 e. The van der Waals surface area contributed by atoms with E-state index in [4.69, 9.17) is 9.47 Å². The molecule has 2 N–H and O–H groups in total. The lowest BCUT2D eigenvalue weighted by Crippen LogP contribution is -2.32. The summed E-state index contributed by atoms with van der Waals surface area (Å²) < 4.78 is 12.1. The van der Waals surface area contributed by atoms with Crippen molar-refractivity contribution in [3.8, 4) is 0 Å². The van der Waals surface area contributed by atoms with Crippen molar-refractivity contribution in [2.45, 2.75) is 89.9 Å². The van der Waals surface area contributed by atoms with E-state index in [1.165, 1.54) is 29.0 Å². The van der Waals surface area contributed by atoms with Gasteiger partial charge in [0.2, 0.25) is 0 Å². The number of aliphatic hydroxyl groups excluding tert-OH is 1. The molecule has 31 heavy (non-hydrogen) atoms. The van der Waals surface area contributed by atoms with Crippen molar-refractivity contribution in [1.82, 2.24) is 9.55 Å². The second kappa shape index (κ2) is 15.6. The van der Waals surface area contributed by atoms with Crippen LogP contribution < -0.4 is 11.2 Å². The highest BCUT2D eigenvalue weighted by molar-refractivity contribution is 8.77. The number of aliphatic hydroxyl groups is 1. The Bertz CT molecular complexity index is 748. The maximum absolute atomic E-state index is 11.9. The minimum absolute atomic E-state index is 0.0519. The standard InChI is InChI=1S/C17H24N2O6S2.2C2H6/c20-12-9-15(19-7-5-14(21)18-17(19)23)25-13(12)10-24-16(22)4-2-1-3-11-6-8-26-27-11;2*1-2/h5,7,11-13,15,20H,1-4,6,8-10H2,(H,18,21,23);2*1-2H3/t11?,12-,13?,15?;;/m0../s1. The summed E-state index contributed by atoms with van der Waals surface area (Å²) in [6.07, 6.45) is 3.81. The Balaban J connectivity index is 0.00000113. The number of hydrogen-bond donors (Lipinski definition) is 2. The molecule has 3 rings (SSSR count). The molecule has 3 heterocycles. The van der Waals surface area contributed by atoms with Crippen LogP contribution >= 0.6 is 21.6 Å². The second-order valence-corrected chi connectivity index (χ2v) is 9.49. The molecule has 0 amide bonds. The molecule has 0 radical (unpaired) electrons. The molecule has 0 aromatic carbocycles. The van der Waals surface area contributed by atoms with E-state index in [1.807, 2.05) is 49.3 Å². The third kappa shape index (κ3) is 9.43. The van der Waals surface area contributed by atoms with Crippen molar-refractivity contribution in [1.29, 1.82) is 0 Å². The van der Waals surface area contributed by atoms with E-state index in [1.54, 1.807) is 0 Å². The van der Waals surface area contributed by atoms with E-state index < -0.39 is 29.7 Å². The van der Waals surface area contributed by atoms with Gasteiger partial charge in [-0.3, -0.25) is 19.1 Å². The molecule has 0 spiro atoms. The van der Waals surface area contributed by atoms with Crippen LogP contribution in [0.5, 0.6) is 0 Å². The normalized spacial score (nSPS) is 24.5. The maximum Gasteiger partial charge on any atom is 0.330 e. The molecule has 2 aliphatic rings. The van der Waals surface area contributed by atoms with E-state index >= 15 is 0 Å². The lowest BCUT2D eigenvalue weighted by molar-refractivity contribution is -0.150.